The highest BCUT2D eigenvalue weighted by Crippen LogP contribution is 2.18. The van der Waals surface area contributed by atoms with E-state index in [9.17, 15) is 13.2 Å². The van der Waals surface area contributed by atoms with Crippen LogP contribution in [0.3, 0.4) is 0 Å². The van der Waals surface area contributed by atoms with Crippen LogP contribution >= 0.6 is 0 Å². The fourth-order valence-electron chi connectivity index (χ4n) is 4.24. The highest BCUT2D eigenvalue weighted by atomic mass is 32.2. The summed E-state index contributed by atoms with van der Waals surface area (Å²) < 4.78 is 32.7. The molecule has 1 saturated heterocycles. The lowest BCUT2D eigenvalue weighted by molar-refractivity contribution is -0.198. The van der Waals surface area contributed by atoms with E-state index in [2.05, 4.69) is 34.0 Å². The molecule has 1 amide bonds. The number of hydroxylamine groups is 1. The van der Waals surface area contributed by atoms with Crippen molar-refractivity contribution in [2.45, 2.75) is 43.5 Å². The van der Waals surface area contributed by atoms with Crippen LogP contribution in [0.25, 0.3) is 17.0 Å². The second kappa shape index (κ2) is 11.8. The molecule has 0 radical (unpaired) electrons. The Morgan fingerprint density at radius 3 is 2.71 bits per heavy atom. The molecule has 3 heterocycles. The minimum atomic E-state index is -3.76. The second-order valence-corrected chi connectivity index (χ2v) is 11.0. The molecule has 0 saturated carbocycles. The predicted molar refractivity (Wildman–Crippen MR) is 144 cm³/mol. The van der Waals surface area contributed by atoms with Gasteiger partial charge in [0.05, 0.1) is 4.90 Å². The number of aromatic nitrogens is 2. The quantitative estimate of drug-likeness (QED) is 0.209. The average Bonchev–Trinajstić information content (AvgIpc) is 3.62. The van der Waals surface area contributed by atoms with Crippen LogP contribution < -0.4 is 10.8 Å². The second-order valence-electron chi connectivity index (χ2n) is 9.14. The molecule has 10 heteroatoms. The van der Waals surface area contributed by atoms with Gasteiger partial charge in [-0.15, -0.1) is 0 Å². The van der Waals surface area contributed by atoms with Gasteiger partial charge in [-0.2, -0.15) is 0 Å². The van der Waals surface area contributed by atoms with Crippen molar-refractivity contribution in [3.05, 3.63) is 96.0 Å². The highest BCUT2D eigenvalue weighted by Gasteiger charge is 2.17. The highest BCUT2D eigenvalue weighted by molar-refractivity contribution is 7.90. The molecule has 2 aromatic carbocycles. The van der Waals surface area contributed by atoms with Crippen molar-refractivity contribution in [3.63, 3.8) is 0 Å². The third-order valence-electron chi connectivity index (χ3n) is 6.32. The Balaban J connectivity index is 1.13. The maximum absolute atomic E-state index is 13.1. The zero-order valence-electron chi connectivity index (χ0n) is 20.8. The number of carbonyl (C=O) groups is 1. The van der Waals surface area contributed by atoms with E-state index in [1.807, 2.05) is 12.3 Å². The van der Waals surface area contributed by atoms with Crippen molar-refractivity contribution in [2.24, 2.45) is 0 Å². The van der Waals surface area contributed by atoms with Crippen molar-refractivity contribution in [3.8, 4) is 0 Å². The van der Waals surface area contributed by atoms with Gasteiger partial charge in [0.2, 0.25) is 0 Å². The summed E-state index contributed by atoms with van der Waals surface area (Å²) in [6, 6.07) is 16.8. The first-order chi connectivity index (χ1) is 18.5. The number of nitrogens with one attached hydrogen (secondary N) is 3. The van der Waals surface area contributed by atoms with E-state index >= 15 is 0 Å². The van der Waals surface area contributed by atoms with E-state index < -0.39 is 22.2 Å². The summed E-state index contributed by atoms with van der Waals surface area (Å²) in [5.74, 6) is -0.455. The molecule has 0 bridgehead atoms. The van der Waals surface area contributed by atoms with Gasteiger partial charge in [-0.25, -0.2) is 22.7 Å². The standard InChI is InChI=1S/C28H30N4O5S/c33-27(31-37-28-3-1-2-16-36-28)11-7-22-13-15-32(20-22)38(34,35)25-8-4-21(5-9-25)18-29-19-23-6-10-26-24(17-23)12-14-30-26/h4-15,17,20,28-30H,1-3,16,18-19H2,(H,31,33). The SMILES string of the molecule is O=C(C=Cc1ccn(S(=O)(=O)c2ccc(CNCc3ccc4[nH]ccc4c3)cc2)c1)NOC1CCCCO1. The predicted octanol–water partition coefficient (Wildman–Crippen LogP) is 4.08. The molecule has 3 N–H and O–H groups in total. The molecular formula is C28H30N4O5S. The summed E-state index contributed by atoms with van der Waals surface area (Å²) >= 11 is 0. The van der Waals surface area contributed by atoms with E-state index in [-0.39, 0.29) is 4.90 Å². The number of fused-ring (bicyclic) bond motifs is 1. The van der Waals surface area contributed by atoms with E-state index in [4.69, 9.17) is 9.57 Å². The van der Waals surface area contributed by atoms with Crippen LogP contribution in [-0.4, -0.2) is 36.2 Å². The van der Waals surface area contributed by atoms with Gasteiger partial charge in [-0.05, 0) is 77.4 Å². The molecule has 1 aliphatic rings. The molecule has 1 unspecified atom stereocenters. The van der Waals surface area contributed by atoms with Gasteiger partial charge in [0, 0.05) is 56.3 Å². The topological polar surface area (TPSA) is 114 Å². The van der Waals surface area contributed by atoms with Gasteiger partial charge in [-0.3, -0.25) is 4.79 Å². The van der Waals surface area contributed by atoms with Gasteiger partial charge in [0.15, 0.2) is 6.29 Å². The molecular weight excluding hydrogens is 504 g/mol. The summed E-state index contributed by atoms with van der Waals surface area (Å²) in [5.41, 5.74) is 6.17. The van der Waals surface area contributed by atoms with Crippen molar-refractivity contribution >= 4 is 32.9 Å². The maximum Gasteiger partial charge on any atom is 0.267 e. The van der Waals surface area contributed by atoms with Crippen molar-refractivity contribution < 1.29 is 22.8 Å². The Hall–Kier alpha value is -3.70. The lowest BCUT2D eigenvalue weighted by atomic mass is 10.1. The lowest BCUT2D eigenvalue weighted by Crippen LogP contribution is -2.32. The van der Waals surface area contributed by atoms with Gasteiger partial charge in [-0.1, -0.05) is 18.2 Å². The first-order valence-electron chi connectivity index (χ1n) is 12.5. The summed E-state index contributed by atoms with van der Waals surface area (Å²) in [5, 5.41) is 4.57. The number of hydrogen-bond donors (Lipinski definition) is 3. The number of H-pyrrole nitrogens is 1. The van der Waals surface area contributed by atoms with Crippen molar-refractivity contribution in [2.75, 3.05) is 6.61 Å². The molecule has 4 aromatic rings. The lowest BCUT2D eigenvalue weighted by Gasteiger charge is -2.21. The molecule has 0 spiro atoms. The molecule has 9 nitrogen and oxygen atoms in total. The summed E-state index contributed by atoms with van der Waals surface area (Å²) in [7, 11) is -3.76. The van der Waals surface area contributed by atoms with Crippen LogP contribution in [0.15, 0.2) is 84.2 Å². The molecule has 198 valence electrons. The summed E-state index contributed by atoms with van der Waals surface area (Å²) in [4.78, 5) is 20.6. The molecule has 1 fully saturated rings. The van der Waals surface area contributed by atoms with Gasteiger partial charge >= 0.3 is 0 Å². The minimum absolute atomic E-state index is 0.184. The molecule has 1 aliphatic heterocycles. The van der Waals surface area contributed by atoms with E-state index in [0.717, 1.165) is 34.3 Å². The van der Waals surface area contributed by atoms with Gasteiger partial charge in [0.25, 0.3) is 15.9 Å². The Morgan fingerprint density at radius 1 is 1.08 bits per heavy atom. The normalized spacial score (nSPS) is 16.3. The Morgan fingerprint density at radius 2 is 1.89 bits per heavy atom. The maximum atomic E-state index is 13.1. The number of benzene rings is 2. The molecule has 1 atom stereocenters. The summed E-state index contributed by atoms with van der Waals surface area (Å²) in [6.45, 7) is 1.94. The number of rotatable bonds is 10. The van der Waals surface area contributed by atoms with Crippen molar-refractivity contribution in [1.82, 2.24) is 19.8 Å². The minimum Gasteiger partial charge on any atom is -0.361 e. The van der Waals surface area contributed by atoms with Crippen LogP contribution in [0.4, 0.5) is 0 Å². The first kappa shape index (κ1) is 25.9. The average molecular weight is 535 g/mol. The van der Waals surface area contributed by atoms with E-state index in [1.54, 1.807) is 30.3 Å². The fraction of sp³-hybridized carbons (Fsp3) is 0.250. The van der Waals surface area contributed by atoms with E-state index in [1.165, 1.54) is 35.5 Å². The van der Waals surface area contributed by atoms with Crippen LogP contribution in [0.2, 0.25) is 0 Å². The Kier molecular flexibility index (Phi) is 8.04. The number of ether oxygens (including phenoxy) is 1. The van der Waals surface area contributed by atoms with Gasteiger partial charge in [0.1, 0.15) is 0 Å². The molecule has 38 heavy (non-hydrogen) atoms. The Bertz CT molecular complexity index is 1520. The molecule has 2 aromatic heterocycles. The molecule has 5 rings (SSSR count). The smallest absolute Gasteiger partial charge is 0.267 e. The third kappa shape index (κ3) is 6.40. The van der Waals surface area contributed by atoms with E-state index in [0.29, 0.717) is 25.3 Å². The fourth-order valence-corrected chi connectivity index (χ4v) is 5.44. The van der Waals surface area contributed by atoms with Gasteiger partial charge < -0.3 is 15.0 Å². The Labute approximate surface area is 221 Å². The number of hydrogen-bond acceptors (Lipinski definition) is 6. The number of nitrogens with zero attached hydrogens (tertiary/aromatic N) is 1. The first-order valence-corrected chi connectivity index (χ1v) is 14.0. The van der Waals surface area contributed by atoms with Crippen molar-refractivity contribution in [1.29, 1.82) is 0 Å². The number of amides is 1. The zero-order chi connectivity index (χ0) is 26.4. The number of aromatic amines is 1. The summed E-state index contributed by atoms with van der Waals surface area (Å²) in [6.07, 6.45) is 9.92. The van der Waals surface area contributed by atoms with Crippen LogP contribution in [0, 0.1) is 0 Å². The monoisotopic (exact) mass is 534 g/mol. The van der Waals surface area contributed by atoms with Crippen LogP contribution in [-0.2, 0) is 37.5 Å². The number of carbonyl (C=O) groups excluding carboxylic acids is 1. The zero-order valence-corrected chi connectivity index (χ0v) is 21.6. The third-order valence-corrected chi connectivity index (χ3v) is 7.97. The molecule has 0 aliphatic carbocycles. The van der Waals surface area contributed by atoms with Crippen LogP contribution in [0.1, 0.15) is 36.0 Å². The largest absolute Gasteiger partial charge is 0.361 e. The van der Waals surface area contributed by atoms with Crippen LogP contribution in [0.5, 0.6) is 0 Å².